The Bertz CT molecular complexity index is 1460. The Morgan fingerprint density at radius 1 is 0.889 bits per heavy atom. The van der Waals surface area contributed by atoms with E-state index in [1.165, 1.54) is 7.11 Å². The molecule has 1 saturated heterocycles. The topological polar surface area (TPSA) is 103 Å². The molecule has 0 aliphatic carbocycles. The summed E-state index contributed by atoms with van der Waals surface area (Å²) in [6.07, 6.45) is 3.08. The molecule has 0 radical (unpaired) electrons. The van der Waals surface area contributed by atoms with E-state index in [-0.39, 0.29) is 17.6 Å². The van der Waals surface area contributed by atoms with Crippen LogP contribution in [-0.4, -0.2) is 61.9 Å². The van der Waals surface area contributed by atoms with Crippen LogP contribution in [0.4, 0.5) is 10.5 Å². The zero-order valence-electron chi connectivity index (χ0n) is 26.9. The third-order valence-electron chi connectivity index (χ3n) is 7.48. The van der Waals surface area contributed by atoms with Gasteiger partial charge < -0.3 is 29.2 Å². The van der Waals surface area contributed by atoms with Crippen molar-refractivity contribution >= 4 is 23.7 Å². The van der Waals surface area contributed by atoms with E-state index >= 15 is 0 Å². The SMILES string of the molecule is CCCCOc1ccc(OCC2CCN(C(=O)OC(C)(C)C)CC2)cc1C(=O)Nc1cc(-c2ccccc2)ccc1C(=O)OC. The van der Waals surface area contributed by atoms with Crippen LogP contribution >= 0.6 is 0 Å². The Kier molecular flexibility index (Phi) is 11.5. The van der Waals surface area contributed by atoms with Crippen molar-refractivity contribution in [1.29, 1.82) is 0 Å². The minimum absolute atomic E-state index is 0.240. The van der Waals surface area contributed by atoms with Crippen molar-refractivity contribution < 1.29 is 33.3 Å². The third kappa shape index (κ3) is 9.48. The van der Waals surface area contributed by atoms with Gasteiger partial charge in [0, 0.05) is 13.1 Å². The summed E-state index contributed by atoms with van der Waals surface area (Å²) in [5.41, 5.74) is 2.12. The molecule has 0 bridgehead atoms. The molecule has 0 atom stereocenters. The first-order valence-electron chi connectivity index (χ1n) is 15.5. The lowest BCUT2D eigenvalue weighted by Gasteiger charge is -2.33. The van der Waals surface area contributed by atoms with Crippen LogP contribution in [0.1, 0.15) is 74.1 Å². The first-order valence-corrected chi connectivity index (χ1v) is 15.5. The molecule has 45 heavy (non-hydrogen) atoms. The average molecular weight is 617 g/mol. The molecule has 1 fully saturated rings. The van der Waals surface area contributed by atoms with Gasteiger partial charge in [-0.1, -0.05) is 49.7 Å². The summed E-state index contributed by atoms with van der Waals surface area (Å²) in [6.45, 7) is 9.77. The molecule has 0 saturated carbocycles. The number of unbranched alkanes of at least 4 members (excludes halogenated alkanes) is 1. The highest BCUT2D eigenvalue weighted by Crippen LogP contribution is 2.30. The molecular weight excluding hydrogens is 572 g/mol. The van der Waals surface area contributed by atoms with Gasteiger partial charge in [-0.05, 0) is 87.4 Å². The number of rotatable bonds is 11. The molecule has 4 rings (SSSR count). The maximum Gasteiger partial charge on any atom is 0.410 e. The largest absolute Gasteiger partial charge is 0.493 e. The molecule has 1 aliphatic rings. The number of carbonyl (C=O) groups excluding carboxylic acids is 3. The van der Waals surface area contributed by atoms with Crippen molar-refractivity contribution in [2.45, 2.75) is 59.0 Å². The monoisotopic (exact) mass is 616 g/mol. The van der Waals surface area contributed by atoms with Crippen LogP contribution in [-0.2, 0) is 9.47 Å². The highest BCUT2D eigenvalue weighted by molar-refractivity contribution is 6.10. The fraction of sp³-hybridized carbons (Fsp3) is 0.417. The number of piperidine rings is 1. The van der Waals surface area contributed by atoms with E-state index in [1.807, 2.05) is 57.2 Å². The van der Waals surface area contributed by atoms with Gasteiger partial charge in [-0.2, -0.15) is 0 Å². The number of likely N-dealkylation sites (tertiary alicyclic amines) is 1. The van der Waals surface area contributed by atoms with E-state index in [4.69, 9.17) is 18.9 Å². The van der Waals surface area contributed by atoms with E-state index in [2.05, 4.69) is 12.2 Å². The first kappa shape index (κ1) is 33.4. The molecule has 3 aromatic carbocycles. The fourth-order valence-corrected chi connectivity index (χ4v) is 4.99. The fourth-order valence-electron chi connectivity index (χ4n) is 4.99. The van der Waals surface area contributed by atoms with Crippen LogP contribution in [0.15, 0.2) is 66.7 Å². The molecule has 2 amide bonds. The number of amides is 2. The van der Waals surface area contributed by atoms with Crippen LogP contribution in [0.5, 0.6) is 11.5 Å². The Morgan fingerprint density at radius 3 is 2.29 bits per heavy atom. The predicted molar refractivity (Wildman–Crippen MR) is 174 cm³/mol. The molecule has 9 heteroatoms. The summed E-state index contributed by atoms with van der Waals surface area (Å²) in [7, 11) is 1.31. The number of esters is 1. The Labute approximate surface area is 265 Å². The van der Waals surface area contributed by atoms with Crippen LogP contribution in [0, 0.1) is 5.92 Å². The summed E-state index contributed by atoms with van der Waals surface area (Å²) in [5.74, 6) is 0.221. The molecule has 3 aromatic rings. The molecule has 1 N–H and O–H groups in total. The highest BCUT2D eigenvalue weighted by atomic mass is 16.6. The Hall–Kier alpha value is -4.53. The van der Waals surface area contributed by atoms with Crippen molar-refractivity contribution in [3.63, 3.8) is 0 Å². The van der Waals surface area contributed by atoms with Gasteiger partial charge in [-0.25, -0.2) is 9.59 Å². The lowest BCUT2D eigenvalue weighted by atomic mass is 9.98. The first-order chi connectivity index (χ1) is 21.6. The predicted octanol–water partition coefficient (Wildman–Crippen LogP) is 7.60. The summed E-state index contributed by atoms with van der Waals surface area (Å²) >= 11 is 0. The minimum Gasteiger partial charge on any atom is -0.493 e. The normalized spacial score (nSPS) is 13.6. The van der Waals surface area contributed by atoms with Gasteiger partial charge in [0.15, 0.2) is 0 Å². The molecule has 0 aromatic heterocycles. The molecule has 1 aliphatic heterocycles. The second-order valence-corrected chi connectivity index (χ2v) is 12.2. The maximum absolute atomic E-state index is 13.8. The average Bonchev–Trinajstić information content (AvgIpc) is 3.03. The molecule has 9 nitrogen and oxygen atoms in total. The zero-order valence-corrected chi connectivity index (χ0v) is 26.9. The molecule has 0 spiro atoms. The number of ether oxygens (including phenoxy) is 4. The summed E-state index contributed by atoms with van der Waals surface area (Å²) in [6, 6.07) is 20.1. The molecular formula is C36H44N2O7. The number of nitrogens with one attached hydrogen (secondary N) is 1. The van der Waals surface area contributed by atoms with Gasteiger partial charge in [0.05, 0.1) is 37.1 Å². The lowest BCUT2D eigenvalue weighted by molar-refractivity contribution is 0.0164. The highest BCUT2D eigenvalue weighted by Gasteiger charge is 2.27. The summed E-state index contributed by atoms with van der Waals surface area (Å²) in [5, 5.41) is 2.92. The third-order valence-corrected chi connectivity index (χ3v) is 7.48. The van der Waals surface area contributed by atoms with Crippen molar-refractivity contribution in [3.05, 3.63) is 77.9 Å². The van der Waals surface area contributed by atoms with Crippen LogP contribution in [0.3, 0.4) is 0 Å². The van der Waals surface area contributed by atoms with Crippen molar-refractivity contribution in [2.75, 3.05) is 38.7 Å². The second-order valence-electron chi connectivity index (χ2n) is 12.2. The quantitative estimate of drug-likeness (QED) is 0.175. The van der Waals surface area contributed by atoms with E-state index in [0.29, 0.717) is 49.1 Å². The zero-order chi connectivity index (χ0) is 32.4. The number of hydrogen-bond donors (Lipinski definition) is 1. The Morgan fingerprint density at radius 2 is 1.62 bits per heavy atom. The van der Waals surface area contributed by atoms with Crippen molar-refractivity contribution in [2.24, 2.45) is 5.92 Å². The van der Waals surface area contributed by atoms with Crippen molar-refractivity contribution in [1.82, 2.24) is 4.90 Å². The summed E-state index contributed by atoms with van der Waals surface area (Å²) < 4.78 is 22.6. The van der Waals surface area contributed by atoms with Gasteiger partial charge in [0.25, 0.3) is 5.91 Å². The molecule has 1 heterocycles. The maximum atomic E-state index is 13.8. The smallest absolute Gasteiger partial charge is 0.410 e. The minimum atomic E-state index is -0.556. The molecule has 0 unspecified atom stereocenters. The number of nitrogens with zero attached hydrogens (tertiary/aromatic N) is 1. The molecule has 240 valence electrons. The Balaban J connectivity index is 1.50. The number of hydrogen-bond acceptors (Lipinski definition) is 7. The number of anilines is 1. The van der Waals surface area contributed by atoms with Gasteiger partial charge in [-0.3, -0.25) is 4.79 Å². The number of methoxy groups -OCH3 is 1. The number of benzene rings is 3. The van der Waals surface area contributed by atoms with Crippen LogP contribution in [0.25, 0.3) is 11.1 Å². The van der Waals surface area contributed by atoms with E-state index in [0.717, 1.165) is 36.8 Å². The number of carbonyl (C=O) groups is 3. The van der Waals surface area contributed by atoms with Crippen LogP contribution in [0.2, 0.25) is 0 Å². The van der Waals surface area contributed by atoms with Gasteiger partial charge in [0.1, 0.15) is 17.1 Å². The van der Waals surface area contributed by atoms with E-state index < -0.39 is 17.5 Å². The summed E-state index contributed by atoms with van der Waals surface area (Å²) in [4.78, 5) is 40.6. The van der Waals surface area contributed by atoms with Crippen LogP contribution < -0.4 is 14.8 Å². The van der Waals surface area contributed by atoms with E-state index in [1.54, 1.807) is 35.2 Å². The van der Waals surface area contributed by atoms with Crippen molar-refractivity contribution in [3.8, 4) is 22.6 Å². The van der Waals surface area contributed by atoms with E-state index in [9.17, 15) is 14.4 Å². The second kappa shape index (κ2) is 15.5. The standard InChI is InChI=1S/C36H44N2O7/c1-6-7-21-43-32-16-14-28(44-24-25-17-19-38(20-18-25)35(41)45-36(2,3)4)23-30(32)33(39)37-31-22-27(26-11-9-8-10-12-26)13-15-29(31)34(40)42-5/h8-16,22-23,25H,6-7,17-21,24H2,1-5H3,(H,37,39). The van der Waals surface area contributed by atoms with Gasteiger partial charge in [-0.15, -0.1) is 0 Å². The van der Waals surface area contributed by atoms with Gasteiger partial charge >= 0.3 is 12.1 Å². The van der Waals surface area contributed by atoms with Gasteiger partial charge in [0.2, 0.25) is 0 Å². The lowest BCUT2D eigenvalue weighted by Crippen LogP contribution is -2.42.